The van der Waals surface area contributed by atoms with E-state index in [9.17, 15) is 4.79 Å². The summed E-state index contributed by atoms with van der Waals surface area (Å²) in [6, 6.07) is 3.29. The van der Waals surface area contributed by atoms with E-state index in [1.165, 1.54) is 0 Å². The zero-order valence-electron chi connectivity index (χ0n) is 11.0. The van der Waals surface area contributed by atoms with Crippen molar-refractivity contribution >= 4 is 21.8 Å². The van der Waals surface area contributed by atoms with Crippen LogP contribution in [0, 0.1) is 0 Å². The summed E-state index contributed by atoms with van der Waals surface area (Å²) in [5.41, 5.74) is 0.390. The van der Waals surface area contributed by atoms with Crippen LogP contribution in [-0.2, 0) is 13.0 Å². The molecule has 1 aliphatic heterocycles. The van der Waals surface area contributed by atoms with Gasteiger partial charge in [-0.2, -0.15) is 0 Å². The van der Waals surface area contributed by atoms with Crippen LogP contribution in [0.5, 0.6) is 0 Å². The van der Waals surface area contributed by atoms with Crippen molar-refractivity contribution in [1.29, 1.82) is 0 Å². The molecule has 7 heteroatoms. The predicted molar refractivity (Wildman–Crippen MR) is 76.2 cm³/mol. The van der Waals surface area contributed by atoms with Gasteiger partial charge >= 0.3 is 0 Å². The van der Waals surface area contributed by atoms with E-state index >= 15 is 0 Å². The summed E-state index contributed by atoms with van der Waals surface area (Å²) in [5, 5.41) is 11.2. The molecule has 0 spiro atoms. The number of fused-ring (bicyclic) bond motifs is 1. The standard InChI is InChI=1S/C13H14BrN5O/c1-8(12-18-17-11-3-2-6-19(11)12)16-13(20)10-5-4-9(14)7-15-10/h4-5,7-8H,2-3,6H2,1H3,(H,16,20). The average molecular weight is 336 g/mol. The lowest BCUT2D eigenvalue weighted by atomic mass is 10.2. The molecule has 0 saturated carbocycles. The van der Waals surface area contributed by atoms with Crippen LogP contribution in [0.1, 0.15) is 41.5 Å². The first kappa shape index (κ1) is 13.2. The van der Waals surface area contributed by atoms with Crippen molar-refractivity contribution < 1.29 is 4.79 Å². The highest BCUT2D eigenvalue weighted by molar-refractivity contribution is 9.10. The first-order valence-electron chi connectivity index (χ1n) is 6.49. The molecule has 1 aliphatic rings. The van der Waals surface area contributed by atoms with Crippen LogP contribution in [0.4, 0.5) is 0 Å². The number of aromatic nitrogens is 4. The first-order chi connectivity index (χ1) is 9.65. The molecule has 0 saturated heterocycles. The van der Waals surface area contributed by atoms with Crippen LogP contribution in [0.2, 0.25) is 0 Å². The predicted octanol–water partition coefficient (Wildman–Crippen LogP) is 1.87. The summed E-state index contributed by atoms with van der Waals surface area (Å²) in [4.78, 5) is 16.2. The average Bonchev–Trinajstić information content (AvgIpc) is 3.01. The van der Waals surface area contributed by atoms with Gasteiger partial charge < -0.3 is 9.88 Å². The number of halogens is 1. The highest BCUT2D eigenvalue weighted by Gasteiger charge is 2.22. The molecule has 104 valence electrons. The number of nitrogens with zero attached hydrogens (tertiary/aromatic N) is 4. The summed E-state index contributed by atoms with van der Waals surface area (Å²) < 4.78 is 2.93. The number of rotatable bonds is 3. The number of pyridine rings is 1. The van der Waals surface area contributed by atoms with Gasteiger partial charge in [0.15, 0.2) is 5.82 Å². The van der Waals surface area contributed by atoms with Gasteiger partial charge in [-0.25, -0.2) is 4.98 Å². The fraction of sp³-hybridized carbons (Fsp3) is 0.385. The smallest absolute Gasteiger partial charge is 0.270 e. The van der Waals surface area contributed by atoms with Crippen LogP contribution < -0.4 is 5.32 Å². The van der Waals surface area contributed by atoms with Crippen LogP contribution in [0.3, 0.4) is 0 Å². The van der Waals surface area contributed by atoms with Gasteiger partial charge in [0.05, 0.1) is 6.04 Å². The normalized spacial score (nSPS) is 14.9. The third-order valence-electron chi connectivity index (χ3n) is 3.33. The Kier molecular flexibility index (Phi) is 3.52. The Labute approximate surface area is 124 Å². The minimum absolute atomic E-state index is 0.188. The van der Waals surface area contributed by atoms with E-state index in [4.69, 9.17) is 0 Å². The van der Waals surface area contributed by atoms with Crippen LogP contribution in [0.25, 0.3) is 0 Å². The zero-order chi connectivity index (χ0) is 14.1. The van der Waals surface area contributed by atoms with E-state index in [0.717, 1.165) is 35.5 Å². The molecule has 0 fully saturated rings. The monoisotopic (exact) mass is 335 g/mol. The molecule has 2 aromatic rings. The molecule has 1 N–H and O–H groups in total. The van der Waals surface area contributed by atoms with Crippen molar-refractivity contribution in [3.63, 3.8) is 0 Å². The van der Waals surface area contributed by atoms with E-state index < -0.39 is 0 Å². The van der Waals surface area contributed by atoms with E-state index in [1.54, 1.807) is 18.3 Å². The van der Waals surface area contributed by atoms with Gasteiger partial charge in [-0.3, -0.25) is 4.79 Å². The largest absolute Gasteiger partial charge is 0.341 e. The van der Waals surface area contributed by atoms with Gasteiger partial charge in [-0.15, -0.1) is 10.2 Å². The first-order valence-corrected chi connectivity index (χ1v) is 7.29. The van der Waals surface area contributed by atoms with E-state index in [0.29, 0.717) is 5.69 Å². The second-order valence-electron chi connectivity index (χ2n) is 4.79. The molecule has 0 bridgehead atoms. The minimum atomic E-state index is -0.208. The maximum Gasteiger partial charge on any atom is 0.270 e. The number of amides is 1. The molecule has 1 amide bonds. The SMILES string of the molecule is CC(NC(=O)c1ccc(Br)cn1)c1nnc2n1CCC2. The molecule has 3 heterocycles. The molecular weight excluding hydrogens is 322 g/mol. The Morgan fingerprint density at radius 1 is 1.45 bits per heavy atom. The summed E-state index contributed by atoms with van der Waals surface area (Å²) >= 11 is 3.29. The molecule has 6 nitrogen and oxygen atoms in total. The van der Waals surface area contributed by atoms with Crippen molar-refractivity contribution in [2.24, 2.45) is 0 Å². The Morgan fingerprint density at radius 3 is 3.05 bits per heavy atom. The number of aryl methyl sites for hydroxylation is 1. The molecule has 0 aliphatic carbocycles. The maximum absolute atomic E-state index is 12.1. The van der Waals surface area contributed by atoms with Crippen molar-refractivity contribution in [2.45, 2.75) is 32.4 Å². The molecule has 2 aromatic heterocycles. The van der Waals surface area contributed by atoms with Crippen LogP contribution in [0.15, 0.2) is 22.8 Å². The summed E-state index contributed by atoms with van der Waals surface area (Å²) in [6.45, 7) is 2.83. The van der Waals surface area contributed by atoms with Gasteiger partial charge in [0.25, 0.3) is 5.91 Å². The third-order valence-corrected chi connectivity index (χ3v) is 3.80. The number of hydrogen-bond acceptors (Lipinski definition) is 4. The van der Waals surface area contributed by atoms with Crippen LogP contribution in [-0.4, -0.2) is 25.7 Å². The highest BCUT2D eigenvalue weighted by atomic mass is 79.9. The minimum Gasteiger partial charge on any atom is -0.341 e. The molecule has 1 atom stereocenters. The second-order valence-corrected chi connectivity index (χ2v) is 5.70. The third kappa shape index (κ3) is 2.45. The van der Waals surface area contributed by atoms with Crippen molar-refractivity contribution in [2.75, 3.05) is 0 Å². The lowest BCUT2D eigenvalue weighted by Crippen LogP contribution is -2.29. The molecule has 1 unspecified atom stereocenters. The Hall–Kier alpha value is -1.76. The Morgan fingerprint density at radius 2 is 2.30 bits per heavy atom. The van der Waals surface area contributed by atoms with E-state index in [-0.39, 0.29) is 11.9 Å². The highest BCUT2D eigenvalue weighted by Crippen LogP contribution is 2.19. The lowest BCUT2D eigenvalue weighted by molar-refractivity contribution is 0.0932. The quantitative estimate of drug-likeness (QED) is 0.929. The van der Waals surface area contributed by atoms with Gasteiger partial charge in [-0.1, -0.05) is 0 Å². The Bertz CT molecular complexity index is 637. The lowest BCUT2D eigenvalue weighted by Gasteiger charge is -2.13. The number of carbonyl (C=O) groups excluding carboxylic acids is 1. The fourth-order valence-electron chi connectivity index (χ4n) is 2.34. The van der Waals surface area contributed by atoms with Crippen molar-refractivity contribution in [1.82, 2.24) is 25.1 Å². The van der Waals surface area contributed by atoms with Crippen molar-refractivity contribution in [3.05, 3.63) is 40.1 Å². The van der Waals surface area contributed by atoms with Gasteiger partial charge in [-0.05, 0) is 41.4 Å². The van der Waals surface area contributed by atoms with Gasteiger partial charge in [0.2, 0.25) is 0 Å². The summed E-state index contributed by atoms with van der Waals surface area (Å²) in [7, 11) is 0. The molecule has 0 aromatic carbocycles. The fourth-order valence-corrected chi connectivity index (χ4v) is 2.57. The number of hydrogen-bond donors (Lipinski definition) is 1. The summed E-state index contributed by atoms with van der Waals surface area (Å²) in [6.07, 6.45) is 3.66. The van der Waals surface area contributed by atoms with E-state index in [2.05, 4.69) is 41.0 Å². The maximum atomic E-state index is 12.1. The zero-order valence-corrected chi connectivity index (χ0v) is 12.6. The topological polar surface area (TPSA) is 72.7 Å². The molecule has 0 radical (unpaired) electrons. The Balaban J connectivity index is 1.73. The number of nitrogens with one attached hydrogen (secondary N) is 1. The second kappa shape index (κ2) is 5.32. The number of carbonyl (C=O) groups is 1. The summed E-state index contributed by atoms with van der Waals surface area (Å²) in [5.74, 6) is 1.60. The molecule has 3 rings (SSSR count). The van der Waals surface area contributed by atoms with Crippen molar-refractivity contribution in [3.8, 4) is 0 Å². The molecule has 20 heavy (non-hydrogen) atoms. The van der Waals surface area contributed by atoms with Crippen LogP contribution >= 0.6 is 15.9 Å². The van der Waals surface area contributed by atoms with Gasteiger partial charge in [0, 0.05) is 23.6 Å². The van der Waals surface area contributed by atoms with Gasteiger partial charge in [0.1, 0.15) is 11.5 Å². The molecular formula is C13H14BrN5O. The van der Waals surface area contributed by atoms with E-state index in [1.807, 2.05) is 6.92 Å².